The summed E-state index contributed by atoms with van der Waals surface area (Å²) in [7, 11) is 1.60. The number of rotatable bonds is 6. The molecule has 1 aliphatic rings. The largest absolute Gasteiger partial charge is 0.489 e. The number of benzene rings is 2. The highest BCUT2D eigenvalue weighted by atomic mass is 35.5. The molecule has 5 nitrogen and oxygen atoms in total. The van der Waals surface area contributed by atoms with Gasteiger partial charge in [-0.25, -0.2) is 4.85 Å². The van der Waals surface area contributed by atoms with Crippen molar-refractivity contribution in [3.8, 4) is 5.75 Å². The highest BCUT2D eigenvalue weighted by Gasteiger charge is 2.66. The van der Waals surface area contributed by atoms with E-state index in [1.165, 1.54) is 0 Å². The molecule has 1 amide bonds. The second-order valence-corrected chi connectivity index (χ2v) is 9.23. The Balaban J connectivity index is 1.88. The molecule has 0 radical (unpaired) electrons. The number of carbonyl (C=O) groups excluding carboxylic acids is 1. The first kappa shape index (κ1) is 22.1. The van der Waals surface area contributed by atoms with Gasteiger partial charge in [0, 0.05) is 23.5 Å². The van der Waals surface area contributed by atoms with Crippen LogP contribution in [0.1, 0.15) is 38.1 Å². The fraction of sp³-hybridized carbons (Fsp3) is 0.417. The van der Waals surface area contributed by atoms with E-state index in [4.69, 9.17) is 27.6 Å². The van der Waals surface area contributed by atoms with Crippen molar-refractivity contribution in [2.24, 2.45) is 10.8 Å². The first-order chi connectivity index (χ1) is 14.1. The van der Waals surface area contributed by atoms with Crippen molar-refractivity contribution < 1.29 is 14.3 Å². The van der Waals surface area contributed by atoms with Crippen LogP contribution in [0.4, 0.5) is 5.69 Å². The summed E-state index contributed by atoms with van der Waals surface area (Å²) in [5.74, 6) is 0.552. The monoisotopic (exact) mass is 426 g/mol. The van der Waals surface area contributed by atoms with Crippen molar-refractivity contribution in [2.75, 3.05) is 13.8 Å². The van der Waals surface area contributed by atoms with Crippen LogP contribution in [0, 0.1) is 17.4 Å². The van der Waals surface area contributed by atoms with Crippen LogP contribution in [-0.2, 0) is 4.74 Å². The quantitative estimate of drug-likeness (QED) is 0.431. The zero-order valence-corrected chi connectivity index (χ0v) is 18.7. The van der Waals surface area contributed by atoms with Crippen LogP contribution in [0.25, 0.3) is 4.85 Å². The van der Waals surface area contributed by atoms with Gasteiger partial charge in [-0.2, -0.15) is 0 Å². The number of hydrogen-bond donors (Lipinski definition) is 0. The van der Waals surface area contributed by atoms with Gasteiger partial charge in [0.05, 0.1) is 17.6 Å². The zero-order valence-electron chi connectivity index (χ0n) is 18.0. The highest BCUT2D eigenvalue weighted by molar-refractivity contribution is 6.33. The fourth-order valence-corrected chi connectivity index (χ4v) is 5.35. The lowest BCUT2D eigenvalue weighted by molar-refractivity contribution is -0.209. The summed E-state index contributed by atoms with van der Waals surface area (Å²) < 4.78 is 11.7. The molecule has 1 aliphatic carbocycles. The van der Waals surface area contributed by atoms with Gasteiger partial charge in [0.25, 0.3) is 5.91 Å². The maximum absolute atomic E-state index is 13.3. The van der Waals surface area contributed by atoms with Crippen LogP contribution < -0.4 is 4.74 Å². The van der Waals surface area contributed by atoms with E-state index in [9.17, 15) is 4.79 Å². The standard InChI is InChI=1S/C24H27ClN2O3/c1-23(2)21(27(15-29-6)20(28)16-10-8-7-9-11-16)24(3,4)22(23)30-17-12-13-19(26-5)18(25)14-17/h7-14,21-22H,15H2,1-4,6H3. The van der Waals surface area contributed by atoms with Crippen molar-refractivity contribution in [3.63, 3.8) is 0 Å². The summed E-state index contributed by atoms with van der Waals surface area (Å²) in [4.78, 5) is 18.5. The van der Waals surface area contributed by atoms with E-state index < -0.39 is 0 Å². The molecule has 0 atom stereocenters. The maximum Gasteiger partial charge on any atom is 0.255 e. The van der Waals surface area contributed by atoms with Crippen LogP contribution in [0.3, 0.4) is 0 Å². The van der Waals surface area contributed by atoms with Crippen LogP contribution in [0.15, 0.2) is 48.5 Å². The summed E-state index contributed by atoms with van der Waals surface area (Å²) in [6, 6.07) is 14.3. The number of methoxy groups -OCH3 is 1. The molecule has 0 aromatic heterocycles. The van der Waals surface area contributed by atoms with Gasteiger partial charge in [0.1, 0.15) is 18.6 Å². The Morgan fingerprint density at radius 1 is 1.13 bits per heavy atom. The van der Waals surface area contributed by atoms with E-state index in [1.54, 1.807) is 30.2 Å². The van der Waals surface area contributed by atoms with Crippen LogP contribution in [-0.4, -0.2) is 36.8 Å². The lowest BCUT2D eigenvalue weighted by atomic mass is 9.49. The van der Waals surface area contributed by atoms with Gasteiger partial charge in [-0.15, -0.1) is 0 Å². The van der Waals surface area contributed by atoms with Crippen LogP contribution >= 0.6 is 11.6 Å². The summed E-state index contributed by atoms with van der Waals surface area (Å²) in [5.41, 5.74) is 0.357. The van der Waals surface area contributed by atoms with Gasteiger partial charge in [0.2, 0.25) is 5.69 Å². The lowest BCUT2D eigenvalue weighted by Crippen LogP contribution is -2.75. The van der Waals surface area contributed by atoms with Gasteiger partial charge in [-0.1, -0.05) is 63.6 Å². The molecule has 2 aromatic rings. The molecular weight excluding hydrogens is 400 g/mol. The van der Waals surface area contributed by atoms with Gasteiger partial charge in [-0.05, 0) is 24.3 Å². The first-order valence-corrected chi connectivity index (χ1v) is 10.2. The van der Waals surface area contributed by atoms with E-state index in [0.29, 0.717) is 22.0 Å². The number of nitrogens with zero attached hydrogens (tertiary/aromatic N) is 2. The molecule has 0 heterocycles. The van der Waals surface area contributed by atoms with Crippen molar-refractivity contribution in [1.29, 1.82) is 0 Å². The van der Waals surface area contributed by atoms with Crippen molar-refractivity contribution in [1.82, 2.24) is 4.90 Å². The average Bonchev–Trinajstić information content (AvgIpc) is 2.71. The van der Waals surface area contributed by atoms with Crippen molar-refractivity contribution in [3.05, 3.63) is 70.5 Å². The molecule has 6 heteroatoms. The number of halogens is 1. The van der Waals surface area contributed by atoms with Gasteiger partial charge in [-0.3, -0.25) is 4.79 Å². The second-order valence-electron chi connectivity index (χ2n) is 8.83. The summed E-state index contributed by atoms with van der Waals surface area (Å²) in [5, 5.41) is 0.370. The minimum Gasteiger partial charge on any atom is -0.489 e. The molecule has 0 unspecified atom stereocenters. The molecule has 0 spiro atoms. The SMILES string of the molecule is [C-]#[N+]c1ccc(OC2C(C)(C)C(N(COC)C(=O)c3ccccc3)C2(C)C)cc1Cl. The van der Waals surface area contributed by atoms with E-state index >= 15 is 0 Å². The van der Waals surface area contributed by atoms with Crippen molar-refractivity contribution in [2.45, 2.75) is 39.8 Å². The van der Waals surface area contributed by atoms with Gasteiger partial charge in [0.15, 0.2) is 0 Å². The first-order valence-electron chi connectivity index (χ1n) is 9.83. The Labute approximate surface area is 183 Å². The molecular formula is C24H27ClN2O3. The summed E-state index contributed by atoms with van der Waals surface area (Å²) >= 11 is 6.18. The molecule has 1 saturated carbocycles. The molecule has 0 saturated heterocycles. The molecule has 3 rings (SSSR count). The molecule has 0 aliphatic heterocycles. The average molecular weight is 427 g/mol. The fourth-order valence-electron chi connectivity index (χ4n) is 5.14. The Bertz CT molecular complexity index is 950. The molecule has 2 aromatic carbocycles. The highest BCUT2D eigenvalue weighted by Crippen LogP contribution is 2.58. The predicted octanol–water partition coefficient (Wildman–Crippen LogP) is 5.82. The molecule has 0 bridgehead atoms. The van der Waals surface area contributed by atoms with E-state index in [0.717, 1.165) is 0 Å². The number of ether oxygens (including phenoxy) is 2. The van der Waals surface area contributed by atoms with Gasteiger partial charge >= 0.3 is 0 Å². The van der Waals surface area contributed by atoms with Crippen molar-refractivity contribution >= 4 is 23.2 Å². The van der Waals surface area contributed by atoms with E-state index in [2.05, 4.69) is 32.5 Å². The second kappa shape index (κ2) is 8.29. The topological polar surface area (TPSA) is 43.1 Å². The number of hydrogen-bond acceptors (Lipinski definition) is 3. The minimum atomic E-state index is -0.336. The predicted molar refractivity (Wildman–Crippen MR) is 118 cm³/mol. The third-order valence-corrected chi connectivity index (χ3v) is 6.22. The summed E-state index contributed by atoms with van der Waals surface area (Å²) in [6.45, 7) is 15.7. The molecule has 158 valence electrons. The Morgan fingerprint density at radius 2 is 1.77 bits per heavy atom. The smallest absolute Gasteiger partial charge is 0.255 e. The normalized spacial score (nSPS) is 21.2. The van der Waals surface area contributed by atoms with E-state index in [-0.39, 0.29) is 35.6 Å². The third kappa shape index (κ3) is 3.78. The molecule has 0 N–H and O–H groups in total. The van der Waals surface area contributed by atoms with Crippen LogP contribution in [0.5, 0.6) is 5.75 Å². The maximum atomic E-state index is 13.3. The van der Waals surface area contributed by atoms with Crippen LogP contribution in [0.2, 0.25) is 5.02 Å². The number of amides is 1. The van der Waals surface area contributed by atoms with Gasteiger partial charge < -0.3 is 14.4 Å². The molecule has 30 heavy (non-hydrogen) atoms. The Hall–Kier alpha value is -2.55. The zero-order chi connectivity index (χ0) is 22.1. The number of carbonyl (C=O) groups is 1. The lowest BCUT2D eigenvalue weighted by Gasteiger charge is -2.65. The minimum absolute atomic E-state index is 0.0634. The third-order valence-electron chi connectivity index (χ3n) is 5.92. The summed E-state index contributed by atoms with van der Waals surface area (Å²) in [6.07, 6.45) is -0.159. The molecule has 1 fully saturated rings. The van der Waals surface area contributed by atoms with E-state index in [1.807, 2.05) is 30.3 Å². The Kier molecular flexibility index (Phi) is 6.12. The Morgan fingerprint density at radius 3 is 2.30 bits per heavy atom.